The van der Waals surface area contributed by atoms with E-state index in [2.05, 4.69) is 15.3 Å². The van der Waals surface area contributed by atoms with Gasteiger partial charge in [-0.1, -0.05) is 30.3 Å². The van der Waals surface area contributed by atoms with Crippen molar-refractivity contribution >= 4 is 17.6 Å². The van der Waals surface area contributed by atoms with Gasteiger partial charge in [-0.15, -0.1) is 0 Å². The summed E-state index contributed by atoms with van der Waals surface area (Å²) in [4.78, 5) is 21.2. The highest BCUT2D eigenvalue weighted by atomic mass is 16.5. The summed E-state index contributed by atoms with van der Waals surface area (Å²) in [5.74, 6) is 1.29. The molecule has 1 heterocycles. The first-order valence-corrected chi connectivity index (χ1v) is 9.27. The Balaban J connectivity index is 2.03. The summed E-state index contributed by atoms with van der Waals surface area (Å²) in [6, 6.07) is 12.9. The lowest BCUT2D eigenvalue weighted by Gasteiger charge is -2.15. The van der Waals surface area contributed by atoms with Crippen LogP contribution >= 0.6 is 0 Å². The monoisotopic (exact) mass is 409 g/mol. The van der Waals surface area contributed by atoms with Crippen molar-refractivity contribution in [2.45, 2.75) is 6.92 Å². The quantitative estimate of drug-likeness (QED) is 0.556. The molecule has 1 N–H and O–H groups in total. The van der Waals surface area contributed by atoms with Crippen molar-refractivity contribution in [2.75, 3.05) is 33.3 Å². The normalized spacial score (nSPS) is 10.3. The molecule has 2 aromatic carbocycles. The van der Waals surface area contributed by atoms with E-state index in [4.69, 9.17) is 18.9 Å². The number of ether oxygens (including phenoxy) is 4. The molecule has 0 aliphatic carbocycles. The van der Waals surface area contributed by atoms with E-state index < -0.39 is 5.97 Å². The smallest absolute Gasteiger partial charge is 0.341 e. The number of methoxy groups -OCH3 is 3. The van der Waals surface area contributed by atoms with E-state index in [-0.39, 0.29) is 6.61 Å². The second-order valence-electron chi connectivity index (χ2n) is 6.08. The zero-order valence-corrected chi connectivity index (χ0v) is 17.3. The maximum Gasteiger partial charge on any atom is 0.341 e. The first-order chi connectivity index (χ1) is 14.6. The van der Waals surface area contributed by atoms with Crippen molar-refractivity contribution in [2.24, 2.45) is 0 Å². The molecule has 0 fully saturated rings. The van der Waals surface area contributed by atoms with E-state index in [9.17, 15) is 4.79 Å². The van der Waals surface area contributed by atoms with Crippen molar-refractivity contribution in [3.05, 3.63) is 54.2 Å². The molecule has 0 saturated carbocycles. The number of rotatable bonds is 8. The van der Waals surface area contributed by atoms with Crippen LogP contribution in [-0.4, -0.2) is 43.9 Å². The van der Waals surface area contributed by atoms with Gasteiger partial charge in [0.1, 0.15) is 5.56 Å². The topological polar surface area (TPSA) is 91.8 Å². The van der Waals surface area contributed by atoms with E-state index in [1.54, 1.807) is 33.3 Å². The summed E-state index contributed by atoms with van der Waals surface area (Å²) < 4.78 is 21.3. The Morgan fingerprint density at radius 2 is 1.67 bits per heavy atom. The average molecular weight is 409 g/mol. The number of hydrogen-bond donors (Lipinski definition) is 1. The van der Waals surface area contributed by atoms with Gasteiger partial charge in [0, 0.05) is 29.6 Å². The molecular formula is C22H23N3O5. The minimum atomic E-state index is -0.476. The summed E-state index contributed by atoms with van der Waals surface area (Å²) in [7, 11) is 4.62. The molecular weight excluding hydrogens is 386 g/mol. The number of esters is 1. The van der Waals surface area contributed by atoms with Crippen LogP contribution in [-0.2, 0) is 4.74 Å². The molecule has 8 heteroatoms. The molecule has 0 amide bonds. The maximum atomic E-state index is 12.4. The van der Waals surface area contributed by atoms with E-state index >= 15 is 0 Å². The fourth-order valence-corrected chi connectivity index (χ4v) is 2.90. The van der Waals surface area contributed by atoms with Gasteiger partial charge in [-0.25, -0.2) is 14.8 Å². The third kappa shape index (κ3) is 4.43. The predicted molar refractivity (Wildman–Crippen MR) is 113 cm³/mol. The fourth-order valence-electron chi connectivity index (χ4n) is 2.90. The van der Waals surface area contributed by atoms with Gasteiger partial charge in [-0.3, -0.25) is 0 Å². The van der Waals surface area contributed by atoms with Crippen molar-refractivity contribution in [3.8, 4) is 28.5 Å². The lowest BCUT2D eigenvalue weighted by molar-refractivity contribution is 0.0526. The van der Waals surface area contributed by atoms with Gasteiger partial charge in [0.05, 0.1) is 33.6 Å². The van der Waals surface area contributed by atoms with Crippen LogP contribution in [0.5, 0.6) is 17.2 Å². The van der Waals surface area contributed by atoms with E-state index in [1.165, 1.54) is 13.3 Å². The highest BCUT2D eigenvalue weighted by Gasteiger charge is 2.18. The highest BCUT2D eigenvalue weighted by Crippen LogP contribution is 2.40. The van der Waals surface area contributed by atoms with Gasteiger partial charge in [-0.2, -0.15) is 0 Å². The summed E-state index contributed by atoms with van der Waals surface area (Å²) in [6.07, 6.45) is 1.45. The number of nitrogens with one attached hydrogen (secondary N) is 1. The minimum absolute atomic E-state index is 0.262. The van der Waals surface area contributed by atoms with Gasteiger partial charge in [0.2, 0.25) is 11.7 Å². The molecule has 0 atom stereocenters. The van der Waals surface area contributed by atoms with Crippen LogP contribution in [0.2, 0.25) is 0 Å². The number of carbonyl (C=O) groups is 1. The van der Waals surface area contributed by atoms with Gasteiger partial charge in [0.15, 0.2) is 11.5 Å². The van der Waals surface area contributed by atoms with E-state index in [0.717, 1.165) is 5.56 Å². The van der Waals surface area contributed by atoms with Gasteiger partial charge < -0.3 is 24.3 Å². The van der Waals surface area contributed by atoms with Crippen molar-refractivity contribution < 1.29 is 23.7 Å². The van der Waals surface area contributed by atoms with Crippen LogP contribution in [0.4, 0.5) is 11.6 Å². The van der Waals surface area contributed by atoms with Crippen LogP contribution < -0.4 is 19.5 Å². The number of anilines is 2. The number of hydrogen-bond acceptors (Lipinski definition) is 8. The largest absolute Gasteiger partial charge is 0.493 e. The van der Waals surface area contributed by atoms with Crippen LogP contribution in [0.15, 0.2) is 48.7 Å². The molecule has 156 valence electrons. The molecule has 0 aliphatic heterocycles. The molecule has 0 bridgehead atoms. The highest BCUT2D eigenvalue weighted by molar-refractivity contribution is 5.96. The molecule has 1 aromatic heterocycles. The number of benzene rings is 2. The Bertz CT molecular complexity index is 1000. The zero-order chi connectivity index (χ0) is 21.5. The second kappa shape index (κ2) is 9.60. The lowest BCUT2D eigenvalue weighted by Crippen LogP contribution is -2.10. The average Bonchev–Trinajstić information content (AvgIpc) is 2.79. The Morgan fingerprint density at radius 3 is 2.23 bits per heavy atom. The van der Waals surface area contributed by atoms with Crippen molar-refractivity contribution in [1.29, 1.82) is 0 Å². The van der Waals surface area contributed by atoms with Crippen molar-refractivity contribution in [1.82, 2.24) is 9.97 Å². The third-order valence-electron chi connectivity index (χ3n) is 4.25. The predicted octanol–water partition coefficient (Wildman–Crippen LogP) is 4.09. The Labute approximate surface area is 174 Å². The number of carbonyl (C=O) groups excluding carboxylic acids is 1. The fraction of sp³-hybridized carbons (Fsp3) is 0.227. The SMILES string of the molecule is CCOC(=O)c1cnc(Nc2cc(OC)c(OC)c(OC)c2)nc1-c1ccccc1. The molecule has 3 aromatic rings. The lowest BCUT2D eigenvalue weighted by atomic mass is 10.1. The minimum Gasteiger partial charge on any atom is -0.493 e. The van der Waals surface area contributed by atoms with E-state index in [1.807, 2.05) is 30.3 Å². The zero-order valence-electron chi connectivity index (χ0n) is 17.3. The number of nitrogens with zero attached hydrogens (tertiary/aromatic N) is 2. The Morgan fingerprint density at radius 1 is 1.00 bits per heavy atom. The summed E-state index contributed by atoms with van der Waals surface area (Å²) in [6.45, 7) is 2.01. The van der Waals surface area contributed by atoms with Gasteiger partial charge >= 0.3 is 5.97 Å². The van der Waals surface area contributed by atoms with E-state index in [0.29, 0.717) is 40.1 Å². The van der Waals surface area contributed by atoms with Crippen LogP contribution in [0.25, 0.3) is 11.3 Å². The summed E-state index contributed by atoms with van der Waals surface area (Å²) in [5, 5.41) is 3.12. The first-order valence-electron chi connectivity index (χ1n) is 9.27. The molecule has 0 aliphatic rings. The van der Waals surface area contributed by atoms with Crippen LogP contribution in [0.1, 0.15) is 17.3 Å². The first kappa shape index (κ1) is 20.9. The second-order valence-corrected chi connectivity index (χ2v) is 6.08. The van der Waals surface area contributed by atoms with Crippen LogP contribution in [0, 0.1) is 0 Å². The molecule has 30 heavy (non-hydrogen) atoms. The van der Waals surface area contributed by atoms with Gasteiger partial charge in [0.25, 0.3) is 0 Å². The molecule has 3 rings (SSSR count). The van der Waals surface area contributed by atoms with Gasteiger partial charge in [-0.05, 0) is 6.92 Å². The standard InChI is InChI=1S/C22H23N3O5/c1-5-30-21(26)16-13-23-22(25-19(16)14-9-7-6-8-10-14)24-15-11-17(27-2)20(29-4)18(12-15)28-3/h6-13H,5H2,1-4H3,(H,23,24,25). The molecule has 0 saturated heterocycles. The molecule has 0 unspecified atom stereocenters. The summed E-state index contributed by atoms with van der Waals surface area (Å²) in [5.41, 5.74) is 2.17. The maximum absolute atomic E-state index is 12.4. The summed E-state index contributed by atoms with van der Waals surface area (Å²) >= 11 is 0. The van der Waals surface area contributed by atoms with Crippen LogP contribution in [0.3, 0.4) is 0 Å². The number of aromatic nitrogens is 2. The Hall–Kier alpha value is -3.81. The molecule has 8 nitrogen and oxygen atoms in total. The molecule has 0 spiro atoms. The molecule has 0 radical (unpaired) electrons. The third-order valence-corrected chi connectivity index (χ3v) is 4.25. The van der Waals surface area contributed by atoms with Crippen molar-refractivity contribution in [3.63, 3.8) is 0 Å². The Kier molecular flexibility index (Phi) is 6.69.